The molecule has 0 bridgehead atoms. The van der Waals surface area contributed by atoms with E-state index in [1.165, 1.54) is 18.4 Å². The third-order valence-electron chi connectivity index (χ3n) is 6.17. The summed E-state index contributed by atoms with van der Waals surface area (Å²) in [5, 5.41) is 19.6. The number of carbonyl (C=O) groups is 1. The molecule has 3 aromatic rings. The number of benzene rings is 2. The fraction of sp³-hybridized carbons (Fsp3) is 0.240. The molecule has 188 valence electrons. The Morgan fingerprint density at radius 3 is 2.81 bits per heavy atom. The van der Waals surface area contributed by atoms with Crippen LogP contribution in [0.4, 0.5) is 4.39 Å². The number of fused-ring (bicyclic) bond motifs is 3. The van der Waals surface area contributed by atoms with Crippen LogP contribution >= 0.6 is 0 Å². The molecule has 2 aliphatic heterocycles. The Kier molecular flexibility index (Phi) is 6.78. The van der Waals surface area contributed by atoms with Crippen LogP contribution in [0.5, 0.6) is 5.75 Å². The first-order valence-corrected chi connectivity index (χ1v) is 16.3. The van der Waals surface area contributed by atoms with Crippen molar-refractivity contribution in [2.75, 3.05) is 19.6 Å². The van der Waals surface area contributed by atoms with Crippen LogP contribution in [0, 0.1) is 5.82 Å². The maximum absolute atomic E-state index is 14.0. The van der Waals surface area contributed by atoms with Crippen LogP contribution < -0.4 is 9.09 Å². The van der Waals surface area contributed by atoms with Crippen molar-refractivity contribution < 1.29 is 37.0 Å². The number of hydrogen-bond acceptors (Lipinski definition) is 7. The van der Waals surface area contributed by atoms with Crippen LogP contribution in [-0.2, 0) is 14.7 Å². The van der Waals surface area contributed by atoms with E-state index in [-0.39, 0.29) is 38.8 Å². The van der Waals surface area contributed by atoms with Crippen LogP contribution in [0.15, 0.2) is 58.1 Å². The van der Waals surface area contributed by atoms with Gasteiger partial charge in [-0.3, -0.25) is 0 Å². The number of furan rings is 1. The predicted molar refractivity (Wildman–Crippen MR) is 132 cm³/mol. The minimum atomic E-state index is -3.94. The first-order chi connectivity index (χ1) is 17.2. The van der Waals surface area contributed by atoms with Gasteiger partial charge in [0, 0.05) is 0 Å². The van der Waals surface area contributed by atoms with Gasteiger partial charge in [-0.15, -0.1) is 0 Å². The zero-order chi connectivity index (χ0) is 25.4. The Hall–Kier alpha value is -2.91. The minimum absolute atomic E-state index is 0.0475. The molecule has 0 radical (unpaired) electrons. The first-order valence-electron chi connectivity index (χ1n) is 11.2. The quantitative estimate of drug-likeness (QED) is 0.412. The molecular weight excluding hydrogens is 552 g/mol. The summed E-state index contributed by atoms with van der Waals surface area (Å²) in [5.74, 6) is -1.16. The molecule has 2 atom stereocenters. The summed E-state index contributed by atoms with van der Waals surface area (Å²) in [4.78, 5) is 14.2. The van der Waals surface area contributed by atoms with Gasteiger partial charge in [0.05, 0.1) is 0 Å². The summed E-state index contributed by atoms with van der Waals surface area (Å²) < 4.78 is 52.3. The van der Waals surface area contributed by atoms with Gasteiger partial charge < -0.3 is 0 Å². The summed E-state index contributed by atoms with van der Waals surface area (Å²) in [5.41, 5.74) is 1.28. The Balaban J connectivity index is 1.47. The zero-order valence-corrected chi connectivity index (χ0v) is 21.9. The summed E-state index contributed by atoms with van der Waals surface area (Å²) >= 11 is -2.07. The molecule has 3 heterocycles. The Morgan fingerprint density at radius 2 is 2.06 bits per heavy atom. The van der Waals surface area contributed by atoms with Crippen molar-refractivity contribution in [3.05, 3.63) is 71.4 Å². The van der Waals surface area contributed by atoms with Crippen LogP contribution in [0.3, 0.4) is 0 Å². The molecule has 1 fully saturated rings. The molecule has 0 spiro atoms. The van der Waals surface area contributed by atoms with Crippen molar-refractivity contribution in [1.29, 1.82) is 0 Å². The molecule has 2 aliphatic rings. The van der Waals surface area contributed by atoms with Gasteiger partial charge in [-0.2, -0.15) is 0 Å². The predicted octanol–water partition coefficient (Wildman–Crippen LogP) is 2.21. The fourth-order valence-electron chi connectivity index (χ4n) is 4.47. The van der Waals surface area contributed by atoms with E-state index in [9.17, 15) is 27.8 Å². The average Bonchev–Trinajstić information content (AvgIpc) is 3.47. The molecule has 1 saturated heterocycles. The summed E-state index contributed by atoms with van der Waals surface area (Å²) in [6, 6.07) is 8.35. The van der Waals surface area contributed by atoms with Gasteiger partial charge in [-0.25, -0.2) is 0 Å². The van der Waals surface area contributed by atoms with E-state index in [2.05, 4.69) is 0 Å². The monoisotopic (exact) mass is 575 g/mol. The maximum atomic E-state index is 14.0. The molecule has 8 nitrogen and oxygen atoms in total. The second-order valence-corrected chi connectivity index (χ2v) is 16.1. The van der Waals surface area contributed by atoms with Crippen molar-refractivity contribution in [3.8, 4) is 16.9 Å². The second-order valence-electron chi connectivity index (χ2n) is 8.61. The SMILES string of the molecule is O=C(O)c1c([AsH]S(=O)(=O)c2ccc(F)cc2C=CCN2CC[C@H](O)C2)ccc2c1OCc1occc1-2. The van der Waals surface area contributed by atoms with Gasteiger partial charge in [0.1, 0.15) is 0 Å². The summed E-state index contributed by atoms with van der Waals surface area (Å²) in [6.07, 6.45) is 5.09. The van der Waals surface area contributed by atoms with Crippen molar-refractivity contribution >= 4 is 39.1 Å². The number of hydrogen-bond donors (Lipinski definition) is 2. The molecule has 5 rings (SSSR count). The number of rotatable bonds is 7. The van der Waals surface area contributed by atoms with E-state index in [0.29, 0.717) is 36.4 Å². The van der Waals surface area contributed by atoms with E-state index in [1.54, 1.807) is 24.3 Å². The first kappa shape index (κ1) is 24.8. The van der Waals surface area contributed by atoms with E-state index in [1.807, 2.05) is 4.90 Å². The van der Waals surface area contributed by atoms with Crippen molar-refractivity contribution in [2.24, 2.45) is 0 Å². The van der Waals surface area contributed by atoms with Gasteiger partial charge in [0.25, 0.3) is 0 Å². The van der Waals surface area contributed by atoms with Crippen molar-refractivity contribution in [2.45, 2.75) is 24.0 Å². The number of aromatic carboxylic acids is 1. The number of likely N-dealkylation sites (tertiary alicyclic amines) is 1. The number of aliphatic hydroxyl groups is 1. The van der Waals surface area contributed by atoms with E-state index in [0.717, 1.165) is 18.7 Å². The number of nitrogens with zero attached hydrogens (tertiary/aromatic N) is 1. The van der Waals surface area contributed by atoms with Crippen LogP contribution in [0.2, 0.25) is 0 Å². The van der Waals surface area contributed by atoms with Crippen LogP contribution in [0.25, 0.3) is 17.2 Å². The Bertz CT molecular complexity index is 1470. The molecular formula is C25H23AsFNO7S. The van der Waals surface area contributed by atoms with Crippen LogP contribution in [-0.4, -0.2) is 69.8 Å². The average molecular weight is 575 g/mol. The van der Waals surface area contributed by atoms with Crippen LogP contribution in [0.1, 0.15) is 28.1 Å². The molecule has 0 saturated carbocycles. The second kappa shape index (κ2) is 9.86. The number of ether oxygens (including phenoxy) is 1. The van der Waals surface area contributed by atoms with Gasteiger partial charge in [0.2, 0.25) is 0 Å². The van der Waals surface area contributed by atoms with E-state index in [4.69, 9.17) is 9.15 Å². The Labute approximate surface area is 212 Å². The molecule has 36 heavy (non-hydrogen) atoms. The molecule has 11 heteroatoms. The molecule has 1 unspecified atom stereocenters. The molecule has 0 aliphatic carbocycles. The number of carboxylic acid groups (broad SMARTS) is 1. The zero-order valence-electron chi connectivity index (χ0n) is 19.0. The molecule has 2 N–H and O–H groups in total. The Morgan fingerprint density at radius 1 is 1.22 bits per heavy atom. The number of carboxylic acids is 1. The normalized spacial score (nSPS) is 18.0. The van der Waals surface area contributed by atoms with Gasteiger partial charge >= 0.3 is 213 Å². The molecule has 1 aromatic heterocycles. The summed E-state index contributed by atoms with van der Waals surface area (Å²) in [7, 11) is -3.94. The summed E-state index contributed by atoms with van der Waals surface area (Å²) in [6.45, 7) is 1.80. The number of aliphatic hydroxyl groups excluding tert-OH is 1. The van der Waals surface area contributed by atoms with E-state index >= 15 is 0 Å². The third kappa shape index (κ3) is 4.86. The van der Waals surface area contributed by atoms with Crippen molar-refractivity contribution in [3.63, 3.8) is 0 Å². The molecule has 2 aromatic carbocycles. The van der Waals surface area contributed by atoms with Gasteiger partial charge in [-0.05, 0) is 0 Å². The topological polar surface area (TPSA) is 117 Å². The fourth-order valence-corrected chi connectivity index (χ4v) is 11.1. The number of β-amino-alcohol motifs (C(OH)–C–C–N with tert-alkyl or cyclic N) is 1. The number of halogens is 1. The van der Waals surface area contributed by atoms with Gasteiger partial charge in [0.15, 0.2) is 0 Å². The third-order valence-corrected chi connectivity index (χ3v) is 12.9. The standard InChI is InChI=1S/C25H23AsFNO7S/c27-16-3-6-22(15(12-16)2-1-9-28-10-7-17(29)13-28)36(32,33)26-20-5-4-19-18-8-11-34-21(18)14-35-24(19)23(20)25(30)31/h1-6,8,11-12,17,26,29H,7,9-10,13-14H2,(H,30,31)/t17-/m0/s1. The molecule has 0 amide bonds. The van der Waals surface area contributed by atoms with Crippen molar-refractivity contribution in [1.82, 2.24) is 4.90 Å². The van der Waals surface area contributed by atoms with E-state index < -0.39 is 34.5 Å². The van der Waals surface area contributed by atoms with Gasteiger partial charge in [-0.1, -0.05) is 0 Å².